The molecule has 1 atom stereocenters. The van der Waals surface area contributed by atoms with Crippen LogP contribution in [-0.2, 0) is 11.0 Å². The van der Waals surface area contributed by atoms with E-state index in [1.54, 1.807) is 13.0 Å². The largest absolute Gasteiger partial charge is 0.481 e. The Morgan fingerprint density at radius 3 is 2.63 bits per heavy atom. The minimum Gasteiger partial charge on any atom is -0.481 e. The number of likely N-dealkylation sites (tertiary alicyclic amines) is 1. The van der Waals surface area contributed by atoms with E-state index in [-0.39, 0.29) is 18.2 Å². The van der Waals surface area contributed by atoms with Crippen LogP contribution in [-0.4, -0.2) is 49.9 Å². The number of carboxylic acid groups (broad SMARTS) is 1. The number of hydrogen-bond donors (Lipinski definition) is 2. The smallest absolute Gasteiger partial charge is 0.417 e. The number of hydrogen-bond acceptors (Lipinski definition) is 4. The van der Waals surface area contributed by atoms with E-state index in [9.17, 15) is 22.8 Å². The molecule has 144 valence electrons. The SMILES string of the molecule is Cc1cc(NC(=O)N2CCC(C(=O)O)C2)n(-c2ccc(C(F)(F)F)cn2)n1. The third kappa shape index (κ3) is 4.01. The summed E-state index contributed by atoms with van der Waals surface area (Å²) in [5.74, 6) is -1.24. The third-order valence-electron chi connectivity index (χ3n) is 4.18. The van der Waals surface area contributed by atoms with Crippen molar-refractivity contribution < 1.29 is 27.9 Å². The second-order valence-corrected chi connectivity index (χ2v) is 6.19. The zero-order valence-corrected chi connectivity index (χ0v) is 14.2. The highest BCUT2D eigenvalue weighted by atomic mass is 19.4. The third-order valence-corrected chi connectivity index (χ3v) is 4.18. The number of amides is 2. The summed E-state index contributed by atoms with van der Waals surface area (Å²) in [5.41, 5.74) is -0.366. The highest BCUT2D eigenvalue weighted by Gasteiger charge is 2.32. The van der Waals surface area contributed by atoms with Crippen LogP contribution in [0.5, 0.6) is 0 Å². The van der Waals surface area contributed by atoms with Gasteiger partial charge in [-0.05, 0) is 25.5 Å². The van der Waals surface area contributed by atoms with Crippen molar-refractivity contribution in [1.29, 1.82) is 0 Å². The molecule has 1 unspecified atom stereocenters. The molecule has 1 aliphatic heterocycles. The van der Waals surface area contributed by atoms with Crippen molar-refractivity contribution in [2.45, 2.75) is 19.5 Å². The summed E-state index contributed by atoms with van der Waals surface area (Å²) in [6.07, 6.45) is -3.45. The molecule has 0 saturated carbocycles. The van der Waals surface area contributed by atoms with Crippen molar-refractivity contribution in [3.63, 3.8) is 0 Å². The maximum atomic E-state index is 12.7. The molecule has 3 heterocycles. The number of carbonyl (C=O) groups is 2. The fourth-order valence-electron chi connectivity index (χ4n) is 2.78. The van der Waals surface area contributed by atoms with Gasteiger partial charge in [0.05, 0.1) is 17.2 Å². The Balaban J connectivity index is 1.78. The van der Waals surface area contributed by atoms with E-state index in [0.29, 0.717) is 24.9 Å². The number of aliphatic carboxylic acids is 1. The number of pyridine rings is 1. The van der Waals surface area contributed by atoms with Crippen LogP contribution in [0.25, 0.3) is 5.82 Å². The molecule has 0 spiro atoms. The molecule has 2 aromatic rings. The standard InChI is InChI=1S/C16H16F3N5O3/c1-9-6-13(21-15(27)23-5-4-10(8-23)14(25)26)24(22-9)12-3-2-11(7-20-12)16(17,18)19/h2-3,6-7,10H,4-5,8H2,1H3,(H,21,27)(H,25,26). The molecule has 2 N–H and O–H groups in total. The lowest BCUT2D eigenvalue weighted by molar-refractivity contribution is -0.141. The Kier molecular flexibility index (Phi) is 4.77. The number of aromatic nitrogens is 3. The number of nitrogens with zero attached hydrogens (tertiary/aromatic N) is 4. The molecule has 1 aliphatic rings. The molecule has 8 nitrogen and oxygen atoms in total. The van der Waals surface area contributed by atoms with E-state index in [0.717, 1.165) is 12.1 Å². The van der Waals surface area contributed by atoms with E-state index >= 15 is 0 Å². The molecule has 0 bridgehead atoms. The normalized spacial score (nSPS) is 17.2. The second kappa shape index (κ2) is 6.89. The second-order valence-electron chi connectivity index (χ2n) is 6.19. The number of aryl methyl sites for hydroxylation is 1. The minimum atomic E-state index is -4.50. The van der Waals surface area contributed by atoms with Gasteiger partial charge in [-0.15, -0.1) is 0 Å². The first-order valence-electron chi connectivity index (χ1n) is 8.04. The Morgan fingerprint density at radius 1 is 1.33 bits per heavy atom. The van der Waals surface area contributed by atoms with Crippen LogP contribution in [0.1, 0.15) is 17.7 Å². The first-order valence-corrected chi connectivity index (χ1v) is 8.04. The van der Waals surface area contributed by atoms with Gasteiger partial charge in [0, 0.05) is 25.4 Å². The van der Waals surface area contributed by atoms with Crippen LogP contribution in [0.15, 0.2) is 24.4 Å². The van der Waals surface area contributed by atoms with Crippen molar-refractivity contribution in [1.82, 2.24) is 19.7 Å². The van der Waals surface area contributed by atoms with Gasteiger partial charge >= 0.3 is 18.2 Å². The van der Waals surface area contributed by atoms with Gasteiger partial charge in [0.1, 0.15) is 5.82 Å². The molecule has 2 amide bonds. The highest BCUT2D eigenvalue weighted by molar-refractivity contribution is 5.89. The van der Waals surface area contributed by atoms with Crippen LogP contribution >= 0.6 is 0 Å². The fraction of sp³-hybridized carbons (Fsp3) is 0.375. The van der Waals surface area contributed by atoms with Crippen LogP contribution in [0, 0.1) is 12.8 Å². The monoisotopic (exact) mass is 383 g/mol. The highest BCUT2D eigenvalue weighted by Crippen LogP contribution is 2.29. The van der Waals surface area contributed by atoms with Gasteiger partial charge < -0.3 is 10.0 Å². The van der Waals surface area contributed by atoms with Gasteiger partial charge in [0.15, 0.2) is 5.82 Å². The molecule has 11 heteroatoms. The van der Waals surface area contributed by atoms with Gasteiger partial charge in [0.2, 0.25) is 0 Å². The van der Waals surface area contributed by atoms with Crippen molar-refractivity contribution in [2.75, 3.05) is 18.4 Å². The summed E-state index contributed by atoms with van der Waals surface area (Å²) in [6, 6.07) is 3.07. The Labute approximate surface area is 151 Å². The van der Waals surface area contributed by atoms with Crippen molar-refractivity contribution in [3.05, 3.63) is 35.7 Å². The van der Waals surface area contributed by atoms with Gasteiger partial charge in [-0.2, -0.15) is 23.0 Å². The zero-order chi connectivity index (χ0) is 19.8. The summed E-state index contributed by atoms with van der Waals surface area (Å²) in [7, 11) is 0. The lowest BCUT2D eigenvalue weighted by Gasteiger charge is -2.17. The molecule has 3 rings (SSSR count). The number of carboxylic acids is 1. The molecular weight excluding hydrogens is 367 g/mol. The Hall–Kier alpha value is -3.11. The molecule has 27 heavy (non-hydrogen) atoms. The quantitative estimate of drug-likeness (QED) is 0.848. The number of carbonyl (C=O) groups excluding carboxylic acids is 1. The summed E-state index contributed by atoms with van der Waals surface area (Å²) >= 11 is 0. The Morgan fingerprint density at radius 2 is 2.07 bits per heavy atom. The average molecular weight is 383 g/mol. The van der Waals surface area contributed by atoms with Crippen LogP contribution < -0.4 is 5.32 Å². The van der Waals surface area contributed by atoms with Gasteiger partial charge in [-0.3, -0.25) is 10.1 Å². The zero-order valence-electron chi connectivity index (χ0n) is 14.2. The molecule has 2 aromatic heterocycles. The predicted octanol–water partition coefficient (Wildman–Crippen LogP) is 2.53. The van der Waals surface area contributed by atoms with E-state index in [2.05, 4.69) is 15.4 Å². The lowest BCUT2D eigenvalue weighted by atomic mass is 10.1. The van der Waals surface area contributed by atoms with Gasteiger partial charge in [-0.25, -0.2) is 9.78 Å². The van der Waals surface area contributed by atoms with Crippen LogP contribution in [0.3, 0.4) is 0 Å². The van der Waals surface area contributed by atoms with E-state index < -0.39 is 29.7 Å². The van der Waals surface area contributed by atoms with Gasteiger partial charge in [-0.1, -0.05) is 0 Å². The maximum absolute atomic E-state index is 12.7. The fourth-order valence-corrected chi connectivity index (χ4v) is 2.78. The lowest BCUT2D eigenvalue weighted by Crippen LogP contribution is -2.34. The van der Waals surface area contributed by atoms with E-state index in [1.807, 2.05) is 0 Å². The molecular formula is C16H16F3N5O3. The predicted molar refractivity (Wildman–Crippen MR) is 87.4 cm³/mol. The number of rotatable bonds is 3. The first kappa shape index (κ1) is 18.7. The molecule has 0 radical (unpaired) electrons. The first-order chi connectivity index (χ1) is 12.6. The van der Waals surface area contributed by atoms with Crippen molar-refractivity contribution in [2.24, 2.45) is 5.92 Å². The van der Waals surface area contributed by atoms with Crippen LogP contribution in [0.2, 0.25) is 0 Å². The maximum Gasteiger partial charge on any atom is 0.417 e. The number of alkyl halides is 3. The number of halogens is 3. The summed E-state index contributed by atoms with van der Waals surface area (Å²) in [5, 5.41) is 15.8. The number of urea groups is 1. The number of anilines is 1. The minimum absolute atomic E-state index is 0.0901. The molecule has 0 aliphatic carbocycles. The topological polar surface area (TPSA) is 100 Å². The molecule has 1 fully saturated rings. The summed E-state index contributed by atoms with van der Waals surface area (Å²) in [6.45, 7) is 2.05. The summed E-state index contributed by atoms with van der Waals surface area (Å²) < 4.78 is 39.2. The van der Waals surface area contributed by atoms with Crippen molar-refractivity contribution in [3.8, 4) is 5.82 Å². The molecule has 0 aromatic carbocycles. The van der Waals surface area contributed by atoms with E-state index in [1.165, 1.54) is 9.58 Å². The molecule has 1 saturated heterocycles. The Bertz CT molecular complexity index is 863. The summed E-state index contributed by atoms with van der Waals surface area (Å²) in [4.78, 5) is 28.5. The van der Waals surface area contributed by atoms with Crippen molar-refractivity contribution >= 4 is 17.8 Å². The van der Waals surface area contributed by atoms with Crippen LogP contribution in [0.4, 0.5) is 23.8 Å². The van der Waals surface area contributed by atoms with E-state index in [4.69, 9.17) is 5.11 Å². The average Bonchev–Trinajstić information content (AvgIpc) is 3.21. The number of nitrogens with one attached hydrogen (secondary N) is 1. The van der Waals surface area contributed by atoms with Gasteiger partial charge in [0.25, 0.3) is 0 Å².